The average Bonchev–Trinajstić information content (AvgIpc) is 3.52. The average molecular weight is 826 g/mol. The zero-order valence-electron chi connectivity index (χ0n) is 34.8. The van der Waals surface area contributed by atoms with Crippen LogP contribution in [0.2, 0.25) is 0 Å². The van der Waals surface area contributed by atoms with Gasteiger partial charge in [-0.3, -0.25) is 0 Å². The Morgan fingerprint density at radius 2 is 1.05 bits per heavy atom. The Morgan fingerprint density at radius 1 is 0.413 bits per heavy atom. The first-order valence-electron chi connectivity index (χ1n) is 21.8. The molecule has 0 atom stereocenters. The van der Waals surface area contributed by atoms with Gasteiger partial charge in [0.15, 0.2) is 17.5 Å². The summed E-state index contributed by atoms with van der Waals surface area (Å²) < 4.78 is 2.46. The molecule has 2 aromatic heterocycles. The van der Waals surface area contributed by atoms with Crippen molar-refractivity contribution in [3.05, 3.63) is 235 Å². The van der Waals surface area contributed by atoms with Gasteiger partial charge in [-0.2, -0.15) is 0 Å². The fourth-order valence-electron chi connectivity index (χ4n) is 8.81. The monoisotopic (exact) mass is 825 g/mol. The Bertz CT molecular complexity index is 3300. The number of fused-ring (bicyclic) bond motifs is 3. The molecule has 300 valence electrons. The summed E-state index contributed by atoms with van der Waals surface area (Å²) in [5.74, 6) is 2.11. The molecule has 2 heterocycles. The van der Waals surface area contributed by atoms with Crippen molar-refractivity contribution in [1.82, 2.24) is 15.0 Å². The van der Waals surface area contributed by atoms with E-state index in [4.69, 9.17) is 15.0 Å². The van der Waals surface area contributed by atoms with Gasteiger partial charge in [-0.1, -0.05) is 188 Å². The van der Waals surface area contributed by atoms with E-state index in [9.17, 15) is 0 Å². The van der Waals surface area contributed by atoms with Gasteiger partial charge in [-0.15, -0.1) is 11.3 Å². The molecule has 0 spiro atoms. The number of benzene rings is 6. The van der Waals surface area contributed by atoms with Crippen molar-refractivity contribution < 1.29 is 0 Å². The zero-order chi connectivity index (χ0) is 42.0. The Kier molecular flexibility index (Phi) is 10.4. The lowest BCUT2D eigenvalue weighted by atomic mass is 9.92. The fraction of sp³-hybridized carbons (Fsp3) is 0.0678. The van der Waals surface area contributed by atoms with E-state index in [2.05, 4.69) is 206 Å². The van der Waals surface area contributed by atoms with E-state index in [1.165, 1.54) is 64.7 Å². The van der Waals surface area contributed by atoms with Crippen LogP contribution in [0.15, 0.2) is 212 Å². The van der Waals surface area contributed by atoms with Crippen LogP contribution >= 0.6 is 11.3 Å². The lowest BCUT2D eigenvalue weighted by Crippen LogP contribution is -2.04. The van der Waals surface area contributed by atoms with Crippen LogP contribution in [-0.4, -0.2) is 15.0 Å². The molecule has 0 saturated heterocycles. The van der Waals surface area contributed by atoms with Crippen LogP contribution in [0.4, 0.5) is 0 Å². The first-order valence-corrected chi connectivity index (χ1v) is 22.6. The lowest BCUT2D eigenvalue weighted by molar-refractivity contribution is 0.979. The molecule has 0 unspecified atom stereocenters. The van der Waals surface area contributed by atoms with E-state index < -0.39 is 0 Å². The van der Waals surface area contributed by atoms with Crippen molar-refractivity contribution in [3.8, 4) is 45.0 Å². The molecule has 8 aromatic rings. The Balaban J connectivity index is 0.919. The predicted octanol–water partition coefficient (Wildman–Crippen LogP) is 16.0. The van der Waals surface area contributed by atoms with Crippen LogP contribution in [0, 0.1) is 0 Å². The summed E-state index contributed by atoms with van der Waals surface area (Å²) in [7, 11) is 0. The van der Waals surface area contributed by atoms with Gasteiger partial charge in [-0.25, -0.2) is 15.0 Å². The standard InChI is InChI=1S/C59H43N3S/c1-2-6-16-40(15-5-1)42-27-29-43(30-28-42)47-21-11-12-22-48(37-47)44-31-33-45(34-32-44)50-35-36-54-53(39-50)56-52(25-14-26-55(56)63-54)59-61-57(46-19-9-4-10-20-46)60-58(62-59)51-24-13-23-49(38-51)41-17-7-3-8-18-41/h1,3-9,11-19,21-36,38-39H,2,10,20,37H2. The first kappa shape index (κ1) is 38.4. The number of nitrogens with zero attached hydrogens (tertiary/aromatic N) is 3. The van der Waals surface area contributed by atoms with Crippen molar-refractivity contribution in [3.63, 3.8) is 0 Å². The predicted molar refractivity (Wildman–Crippen MR) is 268 cm³/mol. The van der Waals surface area contributed by atoms with E-state index in [1.54, 1.807) is 0 Å². The van der Waals surface area contributed by atoms with Crippen LogP contribution in [0.3, 0.4) is 0 Å². The number of rotatable bonds is 8. The van der Waals surface area contributed by atoms with E-state index in [0.717, 1.165) is 59.3 Å². The molecule has 0 aliphatic heterocycles. The highest BCUT2D eigenvalue weighted by atomic mass is 32.1. The molecule has 4 heteroatoms. The van der Waals surface area contributed by atoms with E-state index in [1.807, 2.05) is 17.4 Å². The van der Waals surface area contributed by atoms with Gasteiger partial charge < -0.3 is 0 Å². The van der Waals surface area contributed by atoms with Crippen LogP contribution in [0.5, 0.6) is 0 Å². The third kappa shape index (κ3) is 7.94. The second kappa shape index (κ2) is 17.1. The van der Waals surface area contributed by atoms with Gasteiger partial charge in [0.25, 0.3) is 0 Å². The first-order chi connectivity index (χ1) is 31.2. The minimum Gasteiger partial charge on any atom is -0.209 e. The highest BCUT2D eigenvalue weighted by Crippen LogP contribution is 2.42. The Labute approximate surface area is 372 Å². The molecule has 63 heavy (non-hydrogen) atoms. The van der Waals surface area contributed by atoms with Crippen molar-refractivity contribution in [2.24, 2.45) is 0 Å². The van der Waals surface area contributed by atoms with Crippen molar-refractivity contribution in [2.75, 3.05) is 0 Å². The van der Waals surface area contributed by atoms with Gasteiger partial charge in [0.05, 0.1) is 0 Å². The van der Waals surface area contributed by atoms with Crippen LogP contribution in [0.1, 0.15) is 48.2 Å². The van der Waals surface area contributed by atoms with Gasteiger partial charge >= 0.3 is 0 Å². The van der Waals surface area contributed by atoms with Gasteiger partial charge in [0.2, 0.25) is 0 Å². The largest absolute Gasteiger partial charge is 0.209 e. The second-order valence-electron chi connectivity index (χ2n) is 16.2. The molecule has 3 nitrogen and oxygen atoms in total. The quantitative estimate of drug-likeness (QED) is 0.153. The SMILES string of the molecule is C1=CC=C(c2ccc(-c3ccc4sc5cccc(-c6nc(C7=CC=CCC7)nc(-c7cccc(-c8ccccc8)c7)n6)c5c4c3)cc2)CC(c2ccc(C3=CC=CCC=C3)cc2)=C1. The molecule has 0 amide bonds. The van der Waals surface area contributed by atoms with Crippen molar-refractivity contribution in [2.45, 2.75) is 25.7 Å². The van der Waals surface area contributed by atoms with Crippen LogP contribution < -0.4 is 0 Å². The minimum atomic E-state index is 0.679. The zero-order valence-corrected chi connectivity index (χ0v) is 35.6. The van der Waals surface area contributed by atoms with Crippen LogP contribution in [0.25, 0.3) is 87.5 Å². The number of hydrogen-bond donors (Lipinski definition) is 0. The molecule has 3 aliphatic rings. The van der Waals surface area contributed by atoms with Crippen LogP contribution in [-0.2, 0) is 0 Å². The highest BCUT2D eigenvalue weighted by Gasteiger charge is 2.19. The highest BCUT2D eigenvalue weighted by molar-refractivity contribution is 7.26. The molecule has 0 N–H and O–H groups in total. The molecule has 6 aromatic carbocycles. The maximum atomic E-state index is 5.25. The molecule has 0 fully saturated rings. The van der Waals surface area contributed by atoms with E-state index in [0.29, 0.717) is 11.6 Å². The summed E-state index contributed by atoms with van der Waals surface area (Å²) in [5.41, 5.74) is 15.4. The number of allylic oxidation sites excluding steroid dienone is 16. The molecule has 11 rings (SSSR count). The number of hydrogen-bond acceptors (Lipinski definition) is 4. The maximum absolute atomic E-state index is 5.25. The molecule has 0 radical (unpaired) electrons. The molecular formula is C59H43N3S. The smallest absolute Gasteiger partial charge is 0.164 e. The van der Waals surface area contributed by atoms with E-state index >= 15 is 0 Å². The molecule has 3 aliphatic carbocycles. The lowest BCUT2D eigenvalue weighted by Gasteiger charge is -2.13. The second-order valence-corrected chi connectivity index (χ2v) is 17.3. The van der Waals surface area contributed by atoms with E-state index in [-0.39, 0.29) is 0 Å². The summed E-state index contributed by atoms with van der Waals surface area (Å²) in [5, 5.41) is 2.39. The minimum absolute atomic E-state index is 0.679. The summed E-state index contributed by atoms with van der Waals surface area (Å²) in [6.07, 6.45) is 30.0. The summed E-state index contributed by atoms with van der Waals surface area (Å²) in [6, 6.07) is 50.5. The number of thiophene rings is 1. The van der Waals surface area contributed by atoms with Gasteiger partial charge in [0, 0.05) is 31.3 Å². The fourth-order valence-corrected chi connectivity index (χ4v) is 9.92. The normalized spacial score (nSPS) is 14.9. The number of aromatic nitrogens is 3. The Hall–Kier alpha value is -7.53. The third-order valence-corrected chi connectivity index (χ3v) is 13.3. The van der Waals surface area contributed by atoms with Gasteiger partial charge in [-0.05, 0) is 111 Å². The summed E-state index contributed by atoms with van der Waals surface area (Å²) in [6.45, 7) is 0. The Morgan fingerprint density at radius 3 is 1.84 bits per heavy atom. The molecular weight excluding hydrogens is 783 g/mol. The van der Waals surface area contributed by atoms with Gasteiger partial charge in [0.1, 0.15) is 0 Å². The third-order valence-electron chi connectivity index (χ3n) is 12.1. The molecule has 0 bridgehead atoms. The topological polar surface area (TPSA) is 38.7 Å². The maximum Gasteiger partial charge on any atom is 0.164 e. The summed E-state index contributed by atoms with van der Waals surface area (Å²) in [4.78, 5) is 15.6. The summed E-state index contributed by atoms with van der Waals surface area (Å²) >= 11 is 1.82. The van der Waals surface area contributed by atoms with Crippen molar-refractivity contribution >= 4 is 53.8 Å². The molecule has 0 saturated carbocycles. The van der Waals surface area contributed by atoms with Crippen molar-refractivity contribution in [1.29, 1.82) is 0 Å².